The Kier molecular flexibility index (Phi) is 5.44. The van der Waals surface area contributed by atoms with Crippen LogP contribution in [0.3, 0.4) is 0 Å². The lowest BCUT2D eigenvalue weighted by molar-refractivity contribution is -0.117. The third-order valence-electron chi connectivity index (χ3n) is 4.01. The zero-order valence-corrected chi connectivity index (χ0v) is 14.8. The molecule has 0 radical (unpaired) electrons. The van der Waals surface area contributed by atoms with Crippen LogP contribution in [0, 0.1) is 17.5 Å². The van der Waals surface area contributed by atoms with Crippen molar-refractivity contribution in [2.24, 2.45) is 0 Å². The average molecular weight is 413 g/mol. The average Bonchev–Trinajstić information content (AvgIpc) is 3.37. The van der Waals surface area contributed by atoms with E-state index in [1.807, 2.05) is 4.90 Å². The van der Waals surface area contributed by atoms with E-state index in [0.29, 0.717) is 18.2 Å². The van der Waals surface area contributed by atoms with Gasteiger partial charge < -0.3 is 5.32 Å². The summed E-state index contributed by atoms with van der Waals surface area (Å²) in [7, 11) is 0. The molecule has 0 saturated heterocycles. The SMILES string of the molecule is O=C(CN(Cc1ccccc1F)C1CC1)Nc1c(F)cc(F)cc1Br. The summed E-state index contributed by atoms with van der Waals surface area (Å²) >= 11 is 3.04. The summed E-state index contributed by atoms with van der Waals surface area (Å²) < 4.78 is 40.9. The van der Waals surface area contributed by atoms with Crippen LogP contribution < -0.4 is 5.32 Å². The molecular formula is C18H16BrF3N2O. The molecule has 3 rings (SSSR count). The first-order chi connectivity index (χ1) is 11.9. The van der Waals surface area contributed by atoms with Gasteiger partial charge in [0.15, 0.2) is 5.82 Å². The molecule has 0 aromatic heterocycles. The summed E-state index contributed by atoms with van der Waals surface area (Å²) in [5.74, 6) is -2.34. The van der Waals surface area contributed by atoms with Crippen molar-refractivity contribution in [3.05, 3.63) is 63.9 Å². The van der Waals surface area contributed by atoms with Crippen LogP contribution in [0.5, 0.6) is 0 Å². The largest absolute Gasteiger partial charge is 0.322 e. The highest BCUT2D eigenvalue weighted by molar-refractivity contribution is 9.10. The smallest absolute Gasteiger partial charge is 0.238 e. The standard InChI is InChI=1S/C18H16BrF3N2O/c19-14-7-12(20)8-16(22)18(14)23-17(25)10-24(13-5-6-13)9-11-3-1-2-4-15(11)21/h1-4,7-8,13H,5-6,9-10H2,(H,23,25). The minimum atomic E-state index is -0.854. The van der Waals surface area contributed by atoms with Crippen molar-refractivity contribution in [3.63, 3.8) is 0 Å². The van der Waals surface area contributed by atoms with E-state index >= 15 is 0 Å². The Morgan fingerprint density at radius 1 is 1.16 bits per heavy atom. The molecule has 1 saturated carbocycles. The molecule has 0 heterocycles. The summed E-state index contributed by atoms with van der Waals surface area (Å²) in [5, 5.41) is 2.46. The van der Waals surface area contributed by atoms with Gasteiger partial charge in [0.05, 0.1) is 12.2 Å². The van der Waals surface area contributed by atoms with E-state index in [4.69, 9.17) is 0 Å². The van der Waals surface area contributed by atoms with Crippen LogP contribution >= 0.6 is 15.9 Å². The van der Waals surface area contributed by atoms with Gasteiger partial charge in [-0.2, -0.15) is 0 Å². The number of nitrogens with one attached hydrogen (secondary N) is 1. The maximum Gasteiger partial charge on any atom is 0.238 e. The zero-order valence-electron chi connectivity index (χ0n) is 13.2. The van der Waals surface area contributed by atoms with Crippen molar-refractivity contribution < 1.29 is 18.0 Å². The van der Waals surface area contributed by atoms with Crippen molar-refractivity contribution in [1.29, 1.82) is 0 Å². The van der Waals surface area contributed by atoms with Crippen molar-refractivity contribution in [1.82, 2.24) is 4.90 Å². The molecule has 25 heavy (non-hydrogen) atoms. The first-order valence-electron chi connectivity index (χ1n) is 7.86. The van der Waals surface area contributed by atoms with Crippen molar-refractivity contribution in [2.45, 2.75) is 25.4 Å². The third-order valence-corrected chi connectivity index (χ3v) is 4.64. The summed E-state index contributed by atoms with van der Waals surface area (Å²) in [6, 6.07) is 8.42. The van der Waals surface area contributed by atoms with Crippen LogP contribution in [0.2, 0.25) is 0 Å². The van der Waals surface area contributed by atoms with E-state index < -0.39 is 17.5 Å². The number of halogens is 4. The molecule has 2 aromatic rings. The zero-order chi connectivity index (χ0) is 18.0. The second kappa shape index (κ2) is 7.58. The Morgan fingerprint density at radius 2 is 1.88 bits per heavy atom. The number of carbonyl (C=O) groups is 1. The minimum Gasteiger partial charge on any atom is -0.322 e. The topological polar surface area (TPSA) is 32.3 Å². The monoisotopic (exact) mass is 412 g/mol. The number of hydrogen-bond acceptors (Lipinski definition) is 2. The molecule has 0 spiro atoms. The van der Waals surface area contributed by atoms with Gasteiger partial charge in [-0.05, 0) is 40.9 Å². The van der Waals surface area contributed by atoms with Crippen molar-refractivity contribution in [3.8, 4) is 0 Å². The van der Waals surface area contributed by atoms with Crippen molar-refractivity contribution >= 4 is 27.5 Å². The van der Waals surface area contributed by atoms with Crippen LogP contribution in [-0.4, -0.2) is 23.4 Å². The molecule has 1 aliphatic carbocycles. The van der Waals surface area contributed by atoms with Crippen LogP contribution in [0.25, 0.3) is 0 Å². The molecule has 1 fully saturated rings. The van der Waals surface area contributed by atoms with Crippen LogP contribution in [0.15, 0.2) is 40.9 Å². The Morgan fingerprint density at radius 3 is 2.52 bits per heavy atom. The van der Waals surface area contributed by atoms with Crippen LogP contribution in [-0.2, 0) is 11.3 Å². The number of hydrogen-bond donors (Lipinski definition) is 1. The Labute approximate surface area is 152 Å². The second-order valence-corrected chi connectivity index (χ2v) is 6.87. The Hall–Kier alpha value is -1.86. The molecule has 3 nitrogen and oxygen atoms in total. The lowest BCUT2D eigenvalue weighted by Gasteiger charge is -2.22. The number of amides is 1. The second-order valence-electron chi connectivity index (χ2n) is 6.02. The molecular weight excluding hydrogens is 397 g/mol. The van der Waals surface area contributed by atoms with Crippen molar-refractivity contribution in [2.75, 3.05) is 11.9 Å². The molecule has 7 heteroatoms. The summed E-state index contributed by atoms with van der Waals surface area (Å²) in [5.41, 5.74) is 0.407. The van der Waals surface area contributed by atoms with Gasteiger partial charge in [-0.25, -0.2) is 13.2 Å². The molecule has 0 aliphatic heterocycles. The van der Waals surface area contributed by atoms with Gasteiger partial charge in [-0.15, -0.1) is 0 Å². The lowest BCUT2D eigenvalue weighted by Crippen LogP contribution is -2.35. The van der Waals surface area contributed by atoms with Gasteiger partial charge >= 0.3 is 0 Å². The molecule has 1 aliphatic rings. The van der Waals surface area contributed by atoms with E-state index in [1.54, 1.807) is 18.2 Å². The number of carbonyl (C=O) groups excluding carboxylic acids is 1. The highest BCUT2D eigenvalue weighted by Crippen LogP contribution is 2.30. The van der Waals surface area contributed by atoms with Crippen LogP contribution in [0.1, 0.15) is 18.4 Å². The van der Waals surface area contributed by atoms with E-state index in [1.165, 1.54) is 6.07 Å². The summed E-state index contributed by atoms with van der Waals surface area (Å²) in [6.45, 7) is 0.306. The Balaban J connectivity index is 1.69. The molecule has 132 valence electrons. The van der Waals surface area contributed by atoms with E-state index in [-0.39, 0.29) is 28.6 Å². The molecule has 0 bridgehead atoms. The van der Waals surface area contributed by atoms with Gasteiger partial charge in [0, 0.05) is 28.7 Å². The number of nitrogens with zero attached hydrogens (tertiary/aromatic N) is 1. The quantitative estimate of drug-likeness (QED) is 0.758. The number of anilines is 1. The van der Waals surface area contributed by atoms with E-state index in [9.17, 15) is 18.0 Å². The predicted octanol–water partition coefficient (Wildman–Crippen LogP) is 4.47. The highest BCUT2D eigenvalue weighted by atomic mass is 79.9. The van der Waals surface area contributed by atoms with Gasteiger partial charge in [0.2, 0.25) is 5.91 Å². The predicted molar refractivity (Wildman–Crippen MR) is 92.5 cm³/mol. The Bertz CT molecular complexity index is 773. The lowest BCUT2D eigenvalue weighted by atomic mass is 10.2. The fraction of sp³-hybridized carbons (Fsp3) is 0.278. The fourth-order valence-corrected chi connectivity index (χ4v) is 3.13. The van der Waals surface area contributed by atoms with Gasteiger partial charge in [0.1, 0.15) is 11.6 Å². The van der Waals surface area contributed by atoms with Gasteiger partial charge in [-0.3, -0.25) is 9.69 Å². The molecule has 1 amide bonds. The summed E-state index contributed by atoms with van der Waals surface area (Å²) in [6.07, 6.45) is 1.88. The summed E-state index contributed by atoms with van der Waals surface area (Å²) in [4.78, 5) is 14.2. The molecule has 0 unspecified atom stereocenters. The number of rotatable bonds is 6. The van der Waals surface area contributed by atoms with Crippen LogP contribution in [0.4, 0.5) is 18.9 Å². The maximum atomic E-state index is 13.8. The number of benzene rings is 2. The molecule has 2 aromatic carbocycles. The maximum absolute atomic E-state index is 13.8. The first-order valence-corrected chi connectivity index (χ1v) is 8.65. The minimum absolute atomic E-state index is 0.00224. The van der Waals surface area contributed by atoms with E-state index in [2.05, 4.69) is 21.2 Å². The molecule has 1 N–H and O–H groups in total. The fourth-order valence-electron chi connectivity index (χ4n) is 2.62. The van der Waals surface area contributed by atoms with Gasteiger partial charge in [-0.1, -0.05) is 18.2 Å². The normalized spacial score (nSPS) is 14.0. The molecule has 0 atom stereocenters. The van der Waals surface area contributed by atoms with E-state index in [0.717, 1.165) is 18.9 Å². The third kappa shape index (κ3) is 4.61. The first kappa shape index (κ1) is 17.9. The van der Waals surface area contributed by atoms with Gasteiger partial charge in [0.25, 0.3) is 0 Å². The highest BCUT2D eigenvalue weighted by Gasteiger charge is 2.31.